The summed E-state index contributed by atoms with van der Waals surface area (Å²) in [6.07, 6.45) is 5.49. The van der Waals surface area contributed by atoms with Crippen molar-refractivity contribution >= 4 is 17.7 Å². The van der Waals surface area contributed by atoms with Gasteiger partial charge >= 0.3 is 0 Å². The second-order valence-corrected chi connectivity index (χ2v) is 3.75. The van der Waals surface area contributed by atoms with E-state index in [1.54, 1.807) is 0 Å². The van der Waals surface area contributed by atoms with Gasteiger partial charge in [0.1, 0.15) is 0 Å². The van der Waals surface area contributed by atoms with Crippen LogP contribution in [0.3, 0.4) is 0 Å². The predicted octanol–water partition coefficient (Wildman–Crippen LogP) is 3.33. The Bertz CT molecular complexity index is 276. The van der Waals surface area contributed by atoms with Gasteiger partial charge in [0.05, 0.1) is 0 Å². The van der Waals surface area contributed by atoms with Crippen LogP contribution < -0.4 is 0 Å². The molecule has 1 aliphatic carbocycles. The summed E-state index contributed by atoms with van der Waals surface area (Å²) in [6, 6.07) is 10.3. The molecule has 0 bridgehead atoms. The zero-order chi connectivity index (χ0) is 8.39. The molecule has 0 spiro atoms. The molecule has 12 heavy (non-hydrogen) atoms. The monoisotopic (exact) mass is 178 g/mol. The van der Waals surface area contributed by atoms with Gasteiger partial charge in [0.2, 0.25) is 0 Å². The molecule has 2 rings (SSSR count). The van der Waals surface area contributed by atoms with E-state index in [0.717, 1.165) is 6.42 Å². The van der Waals surface area contributed by atoms with Gasteiger partial charge in [0.15, 0.2) is 0 Å². The third-order valence-corrected chi connectivity index (χ3v) is 2.60. The minimum atomic E-state index is 0.393. The largest absolute Gasteiger partial charge is 0.122 e. The van der Waals surface area contributed by atoms with Gasteiger partial charge in [-0.1, -0.05) is 42.5 Å². The van der Waals surface area contributed by atoms with Gasteiger partial charge in [0.25, 0.3) is 0 Å². The fourth-order valence-corrected chi connectivity index (χ4v) is 1.47. The van der Waals surface area contributed by atoms with Crippen LogP contribution in [-0.2, 0) is 0 Å². The molecule has 0 N–H and O–H groups in total. The Balaban J connectivity index is 1.99. The van der Waals surface area contributed by atoms with Crippen molar-refractivity contribution in [1.82, 2.24) is 0 Å². The van der Waals surface area contributed by atoms with Gasteiger partial charge in [0, 0.05) is 5.38 Å². The maximum absolute atomic E-state index is 5.87. The summed E-state index contributed by atoms with van der Waals surface area (Å²) in [5.41, 5.74) is 1.26. The fourth-order valence-electron chi connectivity index (χ4n) is 1.18. The third-order valence-electron chi connectivity index (χ3n) is 2.09. The minimum Gasteiger partial charge on any atom is -0.122 e. The number of allylic oxidation sites excluding steroid dienone is 1. The highest BCUT2D eigenvalue weighted by atomic mass is 35.5. The minimum absolute atomic E-state index is 0.393. The molecular weight excluding hydrogens is 168 g/mol. The summed E-state index contributed by atoms with van der Waals surface area (Å²) in [7, 11) is 0. The molecule has 1 aromatic carbocycles. The SMILES string of the molecule is ClC1CC1C=Cc1ccccc1. The number of rotatable bonds is 2. The highest BCUT2D eigenvalue weighted by molar-refractivity contribution is 6.22. The van der Waals surface area contributed by atoms with Crippen LogP contribution in [0.1, 0.15) is 12.0 Å². The van der Waals surface area contributed by atoms with Crippen LogP contribution in [0.5, 0.6) is 0 Å². The summed E-state index contributed by atoms with van der Waals surface area (Å²) in [5.74, 6) is 0.617. The molecule has 1 aliphatic rings. The molecule has 0 radical (unpaired) electrons. The molecule has 0 saturated heterocycles. The van der Waals surface area contributed by atoms with E-state index in [-0.39, 0.29) is 0 Å². The topological polar surface area (TPSA) is 0 Å². The molecule has 1 fully saturated rings. The zero-order valence-electron chi connectivity index (χ0n) is 6.78. The van der Waals surface area contributed by atoms with Gasteiger partial charge < -0.3 is 0 Å². The smallest absolute Gasteiger partial charge is 0.0405 e. The Labute approximate surface area is 77.9 Å². The molecule has 0 aliphatic heterocycles. The second-order valence-electron chi connectivity index (χ2n) is 3.19. The molecule has 1 heteroatoms. The van der Waals surface area contributed by atoms with E-state index >= 15 is 0 Å². The number of benzene rings is 1. The van der Waals surface area contributed by atoms with E-state index in [1.807, 2.05) is 18.2 Å². The summed E-state index contributed by atoms with van der Waals surface area (Å²) in [4.78, 5) is 0. The molecular formula is C11H11Cl. The van der Waals surface area contributed by atoms with Crippen LogP contribution in [0.25, 0.3) is 6.08 Å². The Kier molecular flexibility index (Phi) is 2.18. The van der Waals surface area contributed by atoms with Crippen LogP contribution in [0.15, 0.2) is 36.4 Å². The van der Waals surface area contributed by atoms with Crippen LogP contribution in [-0.4, -0.2) is 5.38 Å². The molecule has 0 aromatic heterocycles. The lowest BCUT2D eigenvalue weighted by atomic mass is 10.2. The molecule has 1 saturated carbocycles. The summed E-state index contributed by atoms with van der Waals surface area (Å²) >= 11 is 5.87. The van der Waals surface area contributed by atoms with E-state index in [9.17, 15) is 0 Å². The molecule has 0 heterocycles. The lowest BCUT2D eigenvalue weighted by Crippen LogP contribution is -1.72. The number of hydrogen-bond donors (Lipinski definition) is 0. The fraction of sp³-hybridized carbons (Fsp3) is 0.273. The maximum atomic E-state index is 5.87. The van der Waals surface area contributed by atoms with Crippen LogP contribution in [0.4, 0.5) is 0 Å². The van der Waals surface area contributed by atoms with Crippen molar-refractivity contribution in [2.45, 2.75) is 11.8 Å². The first-order valence-corrected chi connectivity index (χ1v) is 4.67. The van der Waals surface area contributed by atoms with Crippen molar-refractivity contribution in [2.24, 2.45) is 5.92 Å². The lowest BCUT2D eigenvalue weighted by molar-refractivity contribution is 1.13. The average molecular weight is 179 g/mol. The highest BCUT2D eigenvalue weighted by Crippen LogP contribution is 2.37. The van der Waals surface area contributed by atoms with Crippen molar-refractivity contribution in [2.75, 3.05) is 0 Å². The Morgan fingerprint density at radius 3 is 2.50 bits per heavy atom. The van der Waals surface area contributed by atoms with Crippen molar-refractivity contribution < 1.29 is 0 Å². The first-order valence-electron chi connectivity index (χ1n) is 4.23. The summed E-state index contributed by atoms with van der Waals surface area (Å²) in [6.45, 7) is 0. The van der Waals surface area contributed by atoms with Gasteiger partial charge in [-0.2, -0.15) is 0 Å². The molecule has 1 aromatic rings. The first kappa shape index (κ1) is 7.88. The van der Waals surface area contributed by atoms with Crippen molar-refractivity contribution in [3.63, 3.8) is 0 Å². The van der Waals surface area contributed by atoms with E-state index < -0.39 is 0 Å². The van der Waals surface area contributed by atoms with Gasteiger partial charge in [-0.05, 0) is 17.9 Å². The Hall–Kier alpha value is -0.750. The average Bonchev–Trinajstić information content (AvgIpc) is 2.81. The van der Waals surface area contributed by atoms with Gasteiger partial charge in [-0.25, -0.2) is 0 Å². The zero-order valence-corrected chi connectivity index (χ0v) is 7.54. The highest BCUT2D eigenvalue weighted by Gasteiger charge is 2.32. The molecule has 0 nitrogen and oxygen atoms in total. The number of alkyl halides is 1. The lowest BCUT2D eigenvalue weighted by Gasteiger charge is -1.89. The number of hydrogen-bond acceptors (Lipinski definition) is 0. The second kappa shape index (κ2) is 3.32. The van der Waals surface area contributed by atoms with Gasteiger partial charge in [-0.3, -0.25) is 0 Å². The van der Waals surface area contributed by atoms with E-state index in [2.05, 4.69) is 24.3 Å². The quantitative estimate of drug-likeness (QED) is 0.610. The standard InChI is InChI=1S/C11H11Cl/c12-11-8-10(11)7-6-9-4-2-1-3-5-9/h1-7,10-11H,8H2. The number of halogens is 1. The molecule has 62 valence electrons. The van der Waals surface area contributed by atoms with Crippen molar-refractivity contribution in [3.8, 4) is 0 Å². The van der Waals surface area contributed by atoms with E-state index in [1.165, 1.54) is 5.56 Å². The predicted molar refractivity (Wildman–Crippen MR) is 53.2 cm³/mol. The van der Waals surface area contributed by atoms with Crippen molar-refractivity contribution in [3.05, 3.63) is 42.0 Å². The maximum Gasteiger partial charge on any atom is 0.0405 e. The summed E-state index contributed by atoms with van der Waals surface area (Å²) in [5, 5.41) is 0.393. The molecule has 0 amide bonds. The summed E-state index contributed by atoms with van der Waals surface area (Å²) < 4.78 is 0. The Morgan fingerprint density at radius 2 is 1.92 bits per heavy atom. The molecule has 2 atom stereocenters. The first-order chi connectivity index (χ1) is 5.86. The van der Waals surface area contributed by atoms with Gasteiger partial charge in [-0.15, -0.1) is 11.6 Å². The third kappa shape index (κ3) is 1.89. The Morgan fingerprint density at radius 1 is 1.25 bits per heavy atom. The normalized spacial score (nSPS) is 27.8. The van der Waals surface area contributed by atoms with E-state index in [0.29, 0.717) is 11.3 Å². The van der Waals surface area contributed by atoms with Crippen LogP contribution in [0.2, 0.25) is 0 Å². The van der Waals surface area contributed by atoms with Crippen LogP contribution in [0, 0.1) is 5.92 Å². The molecule has 2 unspecified atom stereocenters. The van der Waals surface area contributed by atoms with E-state index in [4.69, 9.17) is 11.6 Å². The van der Waals surface area contributed by atoms with Crippen LogP contribution >= 0.6 is 11.6 Å². The van der Waals surface area contributed by atoms with Crippen molar-refractivity contribution in [1.29, 1.82) is 0 Å².